The summed E-state index contributed by atoms with van der Waals surface area (Å²) in [6.45, 7) is 4.12. The number of aromatic nitrogens is 2. The molecule has 0 amide bonds. The van der Waals surface area contributed by atoms with Crippen molar-refractivity contribution in [2.45, 2.75) is 13.8 Å². The molecule has 6 heteroatoms. The molecule has 1 aromatic heterocycles. The Morgan fingerprint density at radius 3 is 2.26 bits per heavy atom. The van der Waals surface area contributed by atoms with Crippen molar-refractivity contribution in [2.24, 2.45) is 5.84 Å². The summed E-state index contributed by atoms with van der Waals surface area (Å²) >= 11 is 0. The van der Waals surface area contributed by atoms with E-state index >= 15 is 0 Å². The van der Waals surface area contributed by atoms with E-state index in [0.29, 0.717) is 11.6 Å². The fraction of sp³-hybridized carbons (Fsp3) is 0.231. The zero-order valence-corrected chi connectivity index (χ0v) is 11.3. The highest BCUT2D eigenvalue weighted by Crippen LogP contribution is 2.25. The Bertz CT molecular complexity index is 575. The molecule has 0 bridgehead atoms. The number of nitrogen functional groups attached to an aromatic ring is 2. The van der Waals surface area contributed by atoms with Gasteiger partial charge in [0.2, 0.25) is 5.95 Å². The zero-order valence-electron chi connectivity index (χ0n) is 11.3. The van der Waals surface area contributed by atoms with Gasteiger partial charge in [0.05, 0.1) is 0 Å². The van der Waals surface area contributed by atoms with Crippen molar-refractivity contribution < 1.29 is 0 Å². The standard InChI is InChI=1S/C13H18N6/c1-8-4-9(2)6-10(5-8)19(3)12-7-11(18-15)16-13(14)17-12/h4-7H,15H2,1-3H3,(H3,14,16,17,18). The second kappa shape index (κ2) is 5.11. The molecule has 1 heterocycles. The summed E-state index contributed by atoms with van der Waals surface area (Å²) in [5, 5.41) is 0. The normalized spacial score (nSPS) is 10.3. The molecule has 0 saturated heterocycles. The van der Waals surface area contributed by atoms with Gasteiger partial charge in [0.1, 0.15) is 11.6 Å². The van der Waals surface area contributed by atoms with E-state index in [1.54, 1.807) is 6.07 Å². The number of benzene rings is 1. The summed E-state index contributed by atoms with van der Waals surface area (Å²) in [5.74, 6) is 6.71. The lowest BCUT2D eigenvalue weighted by Crippen LogP contribution is -2.16. The number of rotatable bonds is 3. The van der Waals surface area contributed by atoms with Crippen LogP contribution >= 0.6 is 0 Å². The first-order valence-corrected chi connectivity index (χ1v) is 5.93. The van der Waals surface area contributed by atoms with E-state index in [1.807, 2.05) is 11.9 Å². The van der Waals surface area contributed by atoms with Gasteiger partial charge < -0.3 is 16.1 Å². The number of nitrogens with two attached hydrogens (primary N) is 2. The van der Waals surface area contributed by atoms with Crippen LogP contribution in [0.25, 0.3) is 0 Å². The van der Waals surface area contributed by atoms with E-state index in [9.17, 15) is 0 Å². The van der Waals surface area contributed by atoms with E-state index in [4.69, 9.17) is 11.6 Å². The number of nitrogens with one attached hydrogen (secondary N) is 1. The van der Waals surface area contributed by atoms with Crippen molar-refractivity contribution in [3.8, 4) is 0 Å². The van der Waals surface area contributed by atoms with E-state index < -0.39 is 0 Å². The Morgan fingerprint density at radius 1 is 1.05 bits per heavy atom. The van der Waals surface area contributed by atoms with Gasteiger partial charge in [-0.25, -0.2) is 5.84 Å². The van der Waals surface area contributed by atoms with Crippen LogP contribution in [0, 0.1) is 13.8 Å². The second-order valence-electron chi connectivity index (χ2n) is 4.52. The maximum Gasteiger partial charge on any atom is 0.224 e. The maximum atomic E-state index is 5.67. The van der Waals surface area contributed by atoms with E-state index in [-0.39, 0.29) is 5.95 Å². The van der Waals surface area contributed by atoms with Gasteiger partial charge in [-0.15, -0.1) is 0 Å². The first-order valence-electron chi connectivity index (χ1n) is 5.93. The molecule has 0 aliphatic rings. The molecular formula is C13H18N6. The predicted octanol–water partition coefficient (Wildman–Crippen LogP) is 1.73. The lowest BCUT2D eigenvalue weighted by Gasteiger charge is -2.20. The molecule has 0 unspecified atom stereocenters. The SMILES string of the molecule is Cc1cc(C)cc(N(C)c2cc(NN)nc(N)n2)c1. The average Bonchev–Trinajstić information content (AvgIpc) is 2.35. The van der Waals surface area contributed by atoms with E-state index in [2.05, 4.69) is 47.4 Å². The van der Waals surface area contributed by atoms with Crippen molar-refractivity contribution in [2.75, 3.05) is 23.1 Å². The maximum absolute atomic E-state index is 5.67. The van der Waals surface area contributed by atoms with Gasteiger partial charge in [-0.2, -0.15) is 9.97 Å². The Balaban J connectivity index is 2.43. The molecule has 2 rings (SSSR count). The molecule has 0 aliphatic carbocycles. The number of aryl methyl sites for hydroxylation is 2. The van der Waals surface area contributed by atoms with Crippen LogP contribution in [0.2, 0.25) is 0 Å². The van der Waals surface area contributed by atoms with Crippen LogP contribution in [0.5, 0.6) is 0 Å². The molecule has 0 radical (unpaired) electrons. The van der Waals surface area contributed by atoms with E-state index in [1.165, 1.54) is 11.1 Å². The first-order chi connectivity index (χ1) is 8.99. The van der Waals surface area contributed by atoms with Gasteiger partial charge in [0, 0.05) is 18.8 Å². The van der Waals surface area contributed by atoms with Gasteiger partial charge in [0.15, 0.2) is 0 Å². The summed E-state index contributed by atoms with van der Waals surface area (Å²) in [4.78, 5) is 10.1. The minimum Gasteiger partial charge on any atom is -0.368 e. The van der Waals surface area contributed by atoms with Crippen molar-refractivity contribution >= 4 is 23.3 Å². The molecule has 1 aromatic carbocycles. The largest absolute Gasteiger partial charge is 0.368 e. The summed E-state index contributed by atoms with van der Waals surface area (Å²) in [6, 6.07) is 8.04. The molecule has 0 aliphatic heterocycles. The van der Waals surface area contributed by atoms with Gasteiger partial charge in [0.25, 0.3) is 0 Å². The molecule has 19 heavy (non-hydrogen) atoms. The summed E-state index contributed by atoms with van der Waals surface area (Å²) < 4.78 is 0. The first kappa shape index (κ1) is 13.1. The minimum atomic E-state index is 0.182. The van der Waals surface area contributed by atoms with Crippen LogP contribution in [0.15, 0.2) is 24.3 Å². The topological polar surface area (TPSA) is 93.1 Å². The average molecular weight is 258 g/mol. The fourth-order valence-electron chi connectivity index (χ4n) is 1.97. The third-order valence-corrected chi connectivity index (χ3v) is 2.82. The molecule has 0 fully saturated rings. The number of hydrogen-bond donors (Lipinski definition) is 3. The van der Waals surface area contributed by atoms with Gasteiger partial charge in [-0.1, -0.05) is 6.07 Å². The molecule has 5 N–H and O–H groups in total. The highest BCUT2D eigenvalue weighted by atomic mass is 15.3. The molecule has 0 atom stereocenters. The highest BCUT2D eigenvalue weighted by Gasteiger charge is 2.09. The summed E-state index contributed by atoms with van der Waals surface area (Å²) in [7, 11) is 1.93. The fourth-order valence-corrected chi connectivity index (χ4v) is 1.97. The smallest absolute Gasteiger partial charge is 0.224 e. The van der Waals surface area contributed by atoms with Crippen LogP contribution in [-0.2, 0) is 0 Å². The quantitative estimate of drug-likeness (QED) is 0.573. The molecule has 0 saturated carbocycles. The Hall–Kier alpha value is -2.34. The van der Waals surface area contributed by atoms with Gasteiger partial charge in [-0.05, 0) is 37.1 Å². The molecule has 100 valence electrons. The Kier molecular flexibility index (Phi) is 3.52. The minimum absolute atomic E-state index is 0.182. The van der Waals surface area contributed by atoms with Crippen LogP contribution in [0.1, 0.15) is 11.1 Å². The second-order valence-corrected chi connectivity index (χ2v) is 4.52. The Labute approximate surface area is 112 Å². The number of nitrogens with zero attached hydrogens (tertiary/aromatic N) is 3. The van der Waals surface area contributed by atoms with Crippen molar-refractivity contribution in [3.05, 3.63) is 35.4 Å². The lowest BCUT2D eigenvalue weighted by molar-refractivity contribution is 1.08. The third-order valence-electron chi connectivity index (χ3n) is 2.82. The zero-order chi connectivity index (χ0) is 14.0. The van der Waals surface area contributed by atoms with E-state index in [0.717, 1.165) is 5.69 Å². The van der Waals surface area contributed by atoms with Crippen LogP contribution in [0.4, 0.5) is 23.3 Å². The van der Waals surface area contributed by atoms with Crippen molar-refractivity contribution in [1.29, 1.82) is 0 Å². The van der Waals surface area contributed by atoms with Crippen molar-refractivity contribution in [1.82, 2.24) is 9.97 Å². The lowest BCUT2D eigenvalue weighted by atomic mass is 10.1. The monoisotopic (exact) mass is 258 g/mol. The van der Waals surface area contributed by atoms with Gasteiger partial charge in [-0.3, -0.25) is 0 Å². The summed E-state index contributed by atoms with van der Waals surface area (Å²) in [6.07, 6.45) is 0. The summed E-state index contributed by atoms with van der Waals surface area (Å²) in [5.41, 5.74) is 11.6. The Morgan fingerprint density at radius 2 is 1.68 bits per heavy atom. The molecule has 0 spiro atoms. The number of hydrazine groups is 1. The van der Waals surface area contributed by atoms with Crippen LogP contribution < -0.4 is 21.9 Å². The van der Waals surface area contributed by atoms with Crippen LogP contribution in [-0.4, -0.2) is 17.0 Å². The number of hydrogen-bond acceptors (Lipinski definition) is 6. The molecule has 6 nitrogen and oxygen atoms in total. The van der Waals surface area contributed by atoms with Gasteiger partial charge >= 0.3 is 0 Å². The molecule has 2 aromatic rings. The van der Waals surface area contributed by atoms with Crippen molar-refractivity contribution in [3.63, 3.8) is 0 Å². The third kappa shape index (κ3) is 2.92. The number of anilines is 4. The van der Waals surface area contributed by atoms with Crippen LogP contribution in [0.3, 0.4) is 0 Å². The highest BCUT2D eigenvalue weighted by molar-refractivity contribution is 5.64. The predicted molar refractivity (Wildman–Crippen MR) is 78.2 cm³/mol. The molecular weight excluding hydrogens is 240 g/mol.